The van der Waals surface area contributed by atoms with Gasteiger partial charge in [-0.3, -0.25) is 9.59 Å². The van der Waals surface area contributed by atoms with Gasteiger partial charge in [0, 0.05) is 17.3 Å². The molecular formula is C35H54N4O2S. The standard InChI is InChI=1S/C35H54N4O2S/c1-5-7-8-9-10-11-12-13-14-15-16-17-18-19-20-21-22-23-32(40)38-33(28(3)4)34(41)39-35-37-30-25-24-29(36-26-6-2)27-31(30)42-35/h7-8,10-11,13-14,16-17,19-20,28-29,33,36H,5-6,9,12,15,18,21-27H2,1-4H3,(H,38,40)(H,37,39,41). The molecule has 0 saturated heterocycles. The first-order chi connectivity index (χ1) is 20.4. The number of allylic oxidation sites excluding steroid dienone is 10. The van der Waals surface area contributed by atoms with Crippen LogP contribution in [-0.2, 0) is 22.4 Å². The van der Waals surface area contributed by atoms with Crippen molar-refractivity contribution >= 4 is 28.3 Å². The van der Waals surface area contributed by atoms with Gasteiger partial charge in [-0.15, -0.1) is 11.3 Å². The molecule has 7 heteroatoms. The minimum atomic E-state index is -0.578. The predicted octanol–water partition coefficient (Wildman–Crippen LogP) is 8.00. The van der Waals surface area contributed by atoms with Crippen LogP contribution >= 0.6 is 11.3 Å². The van der Waals surface area contributed by atoms with Gasteiger partial charge in [-0.2, -0.15) is 0 Å². The number of hydrogen-bond acceptors (Lipinski definition) is 5. The average molecular weight is 595 g/mol. The molecule has 1 aromatic heterocycles. The van der Waals surface area contributed by atoms with Crippen molar-refractivity contribution in [2.45, 2.75) is 117 Å². The van der Waals surface area contributed by atoms with Gasteiger partial charge >= 0.3 is 0 Å². The molecule has 0 bridgehead atoms. The molecule has 1 aliphatic carbocycles. The third-order valence-electron chi connectivity index (χ3n) is 7.05. The van der Waals surface area contributed by atoms with Gasteiger partial charge in [0.05, 0.1) is 5.69 Å². The molecule has 1 aliphatic rings. The Balaban J connectivity index is 1.63. The zero-order valence-corrected chi connectivity index (χ0v) is 27.2. The van der Waals surface area contributed by atoms with Crippen LogP contribution in [0.2, 0.25) is 0 Å². The van der Waals surface area contributed by atoms with Crippen molar-refractivity contribution in [1.82, 2.24) is 15.6 Å². The smallest absolute Gasteiger partial charge is 0.248 e. The normalized spacial score (nSPS) is 16.5. The molecule has 0 saturated carbocycles. The zero-order chi connectivity index (χ0) is 30.4. The zero-order valence-electron chi connectivity index (χ0n) is 26.4. The van der Waals surface area contributed by atoms with Crippen molar-refractivity contribution in [3.05, 3.63) is 71.3 Å². The number of aryl methyl sites for hydroxylation is 1. The van der Waals surface area contributed by atoms with E-state index in [0.717, 1.165) is 82.9 Å². The summed E-state index contributed by atoms with van der Waals surface area (Å²) < 4.78 is 0. The summed E-state index contributed by atoms with van der Waals surface area (Å²) in [6.07, 6.45) is 32.9. The number of thiazole rings is 1. The molecule has 2 atom stereocenters. The quantitative estimate of drug-likeness (QED) is 0.106. The van der Waals surface area contributed by atoms with Crippen LogP contribution in [0.15, 0.2) is 60.8 Å². The van der Waals surface area contributed by atoms with Crippen molar-refractivity contribution in [3.63, 3.8) is 0 Å². The SMILES string of the molecule is CCC=CCC=CCC=CCC=CCC=CCCCC(=O)NC(C(=O)Nc1nc2c(s1)CC(NCCC)CC2)C(C)C. The molecule has 0 aromatic carbocycles. The van der Waals surface area contributed by atoms with E-state index in [2.05, 4.69) is 95.5 Å². The van der Waals surface area contributed by atoms with Crippen molar-refractivity contribution in [3.8, 4) is 0 Å². The van der Waals surface area contributed by atoms with E-state index in [9.17, 15) is 9.59 Å². The van der Waals surface area contributed by atoms with E-state index in [4.69, 9.17) is 0 Å². The lowest BCUT2D eigenvalue weighted by Crippen LogP contribution is -2.47. The number of hydrogen-bond donors (Lipinski definition) is 3. The maximum absolute atomic E-state index is 13.0. The largest absolute Gasteiger partial charge is 0.344 e. The Labute approximate surface area is 258 Å². The second-order valence-corrected chi connectivity index (χ2v) is 12.2. The van der Waals surface area contributed by atoms with Crippen LogP contribution in [0.3, 0.4) is 0 Å². The van der Waals surface area contributed by atoms with Crippen LogP contribution in [0, 0.1) is 5.92 Å². The van der Waals surface area contributed by atoms with Crippen molar-refractivity contribution in [1.29, 1.82) is 0 Å². The lowest BCUT2D eigenvalue weighted by Gasteiger charge is -2.21. The average Bonchev–Trinajstić information content (AvgIpc) is 3.37. The Morgan fingerprint density at radius 3 is 2.14 bits per heavy atom. The van der Waals surface area contributed by atoms with Gasteiger partial charge in [-0.25, -0.2) is 4.98 Å². The molecule has 2 unspecified atom stereocenters. The molecular weight excluding hydrogens is 540 g/mol. The van der Waals surface area contributed by atoms with Gasteiger partial charge in [-0.1, -0.05) is 88.5 Å². The first-order valence-corrected chi connectivity index (χ1v) is 16.8. The highest BCUT2D eigenvalue weighted by atomic mass is 32.1. The number of nitrogens with one attached hydrogen (secondary N) is 3. The van der Waals surface area contributed by atoms with Crippen molar-refractivity contribution < 1.29 is 9.59 Å². The topological polar surface area (TPSA) is 83.1 Å². The highest BCUT2D eigenvalue weighted by molar-refractivity contribution is 7.15. The Morgan fingerprint density at radius 2 is 1.55 bits per heavy atom. The second kappa shape index (κ2) is 21.9. The molecule has 2 rings (SSSR count). The Morgan fingerprint density at radius 1 is 0.929 bits per heavy atom. The van der Waals surface area contributed by atoms with Crippen molar-refractivity contribution in [2.24, 2.45) is 5.92 Å². The summed E-state index contributed by atoms with van der Waals surface area (Å²) in [5.41, 5.74) is 1.10. The Kier molecular flexibility index (Phi) is 18.4. The third kappa shape index (κ3) is 14.9. The monoisotopic (exact) mass is 594 g/mol. The van der Waals surface area contributed by atoms with E-state index >= 15 is 0 Å². The number of unbranched alkanes of at least 4 members (excludes halogenated alkanes) is 1. The predicted molar refractivity (Wildman–Crippen MR) is 180 cm³/mol. The molecule has 2 amide bonds. The molecule has 1 heterocycles. The van der Waals surface area contributed by atoms with Crippen LogP contribution in [0.5, 0.6) is 0 Å². The van der Waals surface area contributed by atoms with E-state index in [1.54, 1.807) is 11.3 Å². The molecule has 0 radical (unpaired) electrons. The van der Waals surface area contributed by atoms with E-state index < -0.39 is 6.04 Å². The van der Waals surface area contributed by atoms with Crippen molar-refractivity contribution in [2.75, 3.05) is 11.9 Å². The fourth-order valence-electron chi connectivity index (χ4n) is 4.66. The molecule has 0 aliphatic heterocycles. The van der Waals surface area contributed by atoms with Gasteiger partial charge < -0.3 is 16.0 Å². The molecule has 0 spiro atoms. The van der Waals surface area contributed by atoms with E-state index in [0.29, 0.717) is 17.6 Å². The van der Waals surface area contributed by atoms with Crippen LogP contribution in [0.25, 0.3) is 0 Å². The summed E-state index contributed by atoms with van der Waals surface area (Å²) in [6, 6.07) is -0.0927. The second-order valence-electron chi connectivity index (χ2n) is 11.2. The highest BCUT2D eigenvalue weighted by Gasteiger charge is 2.27. The van der Waals surface area contributed by atoms with Gasteiger partial charge in [0.15, 0.2) is 5.13 Å². The van der Waals surface area contributed by atoms with Gasteiger partial charge in [0.2, 0.25) is 11.8 Å². The number of rotatable bonds is 20. The summed E-state index contributed by atoms with van der Waals surface area (Å²) in [7, 11) is 0. The first kappa shape index (κ1) is 35.4. The first-order valence-electron chi connectivity index (χ1n) is 16.0. The van der Waals surface area contributed by atoms with Gasteiger partial charge in [0.25, 0.3) is 0 Å². The number of fused-ring (bicyclic) bond motifs is 1. The number of carbonyl (C=O) groups is 2. The summed E-state index contributed by atoms with van der Waals surface area (Å²) in [4.78, 5) is 31.6. The minimum absolute atomic E-state index is 0.0165. The highest BCUT2D eigenvalue weighted by Crippen LogP contribution is 2.30. The van der Waals surface area contributed by atoms with Gasteiger partial charge in [-0.05, 0) is 83.1 Å². The summed E-state index contributed by atoms with van der Waals surface area (Å²) in [5, 5.41) is 10.2. The summed E-state index contributed by atoms with van der Waals surface area (Å²) in [5.74, 6) is -0.292. The van der Waals surface area contributed by atoms with Gasteiger partial charge in [0.1, 0.15) is 6.04 Å². The Hall–Kier alpha value is -2.77. The van der Waals surface area contributed by atoms with Crippen LogP contribution in [0.4, 0.5) is 5.13 Å². The maximum atomic E-state index is 13.0. The molecule has 1 aromatic rings. The van der Waals surface area contributed by atoms with Crippen LogP contribution < -0.4 is 16.0 Å². The molecule has 42 heavy (non-hydrogen) atoms. The summed E-state index contributed by atoms with van der Waals surface area (Å²) in [6.45, 7) is 9.27. The number of carbonyl (C=O) groups excluding carboxylic acids is 2. The third-order valence-corrected chi connectivity index (χ3v) is 8.09. The van der Waals surface area contributed by atoms with Crippen LogP contribution in [-0.4, -0.2) is 35.4 Å². The minimum Gasteiger partial charge on any atom is -0.344 e. The molecule has 0 fully saturated rings. The number of nitrogens with zero attached hydrogens (tertiary/aromatic N) is 1. The summed E-state index contributed by atoms with van der Waals surface area (Å²) >= 11 is 1.57. The molecule has 232 valence electrons. The Bertz CT molecular complexity index is 1070. The lowest BCUT2D eigenvalue weighted by atomic mass is 9.98. The molecule has 6 nitrogen and oxygen atoms in total. The van der Waals surface area contributed by atoms with E-state index in [1.807, 2.05) is 13.8 Å². The fourth-order valence-corrected chi connectivity index (χ4v) is 5.75. The van der Waals surface area contributed by atoms with Crippen LogP contribution in [0.1, 0.15) is 102 Å². The number of anilines is 1. The molecule has 3 N–H and O–H groups in total. The number of amides is 2. The lowest BCUT2D eigenvalue weighted by molar-refractivity contribution is -0.127. The fraction of sp³-hybridized carbons (Fsp3) is 0.571. The maximum Gasteiger partial charge on any atom is 0.248 e. The van der Waals surface area contributed by atoms with E-state index in [1.165, 1.54) is 4.88 Å². The van der Waals surface area contributed by atoms with E-state index in [-0.39, 0.29) is 17.7 Å². The number of aromatic nitrogens is 1.